The normalized spacial score (nSPS) is 32.6. The number of hydrogen-bond donors (Lipinski definition) is 3. The third-order valence-electron chi connectivity index (χ3n) is 4.69. The molecule has 8 nitrogen and oxygen atoms in total. The van der Waals surface area contributed by atoms with Crippen molar-refractivity contribution in [1.29, 1.82) is 0 Å². The Morgan fingerprint density at radius 1 is 1.33 bits per heavy atom. The summed E-state index contributed by atoms with van der Waals surface area (Å²) in [6.45, 7) is 1.92. The molecule has 1 aromatic heterocycles. The SMILES string of the molecule is O=C(O)C1CC2CC(COCc3nnn[nH]3)CCC2CN1. The number of carboxylic acids is 1. The first-order chi connectivity index (χ1) is 10.2. The smallest absolute Gasteiger partial charge is 0.320 e. The Kier molecular flexibility index (Phi) is 4.45. The molecule has 0 bridgehead atoms. The van der Waals surface area contributed by atoms with Crippen molar-refractivity contribution >= 4 is 5.97 Å². The number of fused-ring (bicyclic) bond motifs is 1. The summed E-state index contributed by atoms with van der Waals surface area (Å²) in [5.74, 6) is 1.53. The number of aliphatic carboxylic acids is 1. The number of ether oxygens (including phenoxy) is 1. The number of carbonyl (C=O) groups is 1. The van der Waals surface area contributed by atoms with Crippen molar-refractivity contribution in [3.63, 3.8) is 0 Å². The molecule has 2 aliphatic rings. The van der Waals surface area contributed by atoms with Gasteiger partial charge in [-0.15, -0.1) is 5.10 Å². The first kappa shape index (κ1) is 14.4. The molecule has 116 valence electrons. The number of rotatable bonds is 5. The second kappa shape index (κ2) is 6.48. The minimum atomic E-state index is -0.732. The van der Waals surface area contributed by atoms with E-state index < -0.39 is 5.97 Å². The van der Waals surface area contributed by atoms with E-state index in [1.54, 1.807) is 0 Å². The maximum atomic E-state index is 11.1. The van der Waals surface area contributed by atoms with Gasteiger partial charge in [0.2, 0.25) is 0 Å². The van der Waals surface area contributed by atoms with Crippen LogP contribution < -0.4 is 5.32 Å². The molecule has 0 spiro atoms. The van der Waals surface area contributed by atoms with Gasteiger partial charge in [0, 0.05) is 0 Å². The predicted octanol–water partition coefficient (Wildman–Crippen LogP) is 0.195. The Morgan fingerprint density at radius 2 is 2.24 bits per heavy atom. The highest BCUT2D eigenvalue weighted by atomic mass is 16.5. The molecule has 2 fully saturated rings. The fourth-order valence-electron chi connectivity index (χ4n) is 3.56. The van der Waals surface area contributed by atoms with Crippen molar-refractivity contribution in [2.75, 3.05) is 13.2 Å². The van der Waals surface area contributed by atoms with E-state index in [1.165, 1.54) is 0 Å². The lowest BCUT2D eigenvalue weighted by Gasteiger charge is -2.41. The number of carboxylic acid groups (broad SMARTS) is 1. The monoisotopic (exact) mass is 295 g/mol. The number of tetrazole rings is 1. The topological polar surface area (TPSA) is 113 Å². The highest BCUT2D eigenvalue weighted by Crippen LogP contribution is 2.38. The predicted molar refractivity (Wildman–Crippen MR) is 72.2 cm³/mol. The Hall–Kier alpha value is -1.54. The fraction of sp³-hybridized carbons (Fsp3) is 0.846. The quantitative estimate of drug-likeness (QED) is 0.711. The molecule has 8 heteroatoms. The van der Waals surface area contributed by atoms with Gasteiger partial charge in [-0.2, -0.15) is 0 Å². The van der Waals surface area contributed by atoms with Gasteiger partial charge in [-0.1, -0.05) is 0 Å². The van der Waals surface area contributed by atoms with Crippen LogP contribution in [0.3, 0.4) is 0 Å². The Balaban J connectivity index is 1.45. The Labute approximate surface area is 122 Å². The summed E-state index contributed by atoms with van der Waals surface area (Å²) in [5, 5.41) is 25.7. The lowest BCUT2D eigenvalue weighted by molar-refractivity contribution is -0.141. The van der Waals surface area contributed by atoms with Gasteiger partial charge in [0.1, 0.15) is 12.6 Å². The molecular formula is C13H21N5O3. The van der Waals surface area contributed by atoms with Crippen LogP contribution in [-0.2, 0) is 16.1 Å². The molecule has 3 N–H and O–H groups in total. The molecule has 3 rings (SSSR count). The minimum Gasteiger partial charge on any atom is -0.480 e. The van der Waals surface area contributed by atoms with E-state index in [-0.39, 0.29) is 6.04 Å². The highest BCUT2D eigenvalue weighted by molar-refractivity contribution is 5.73. The van der Waals surface area contributed by atoms with Crippen LogP contribution in [0.4, 0.5) is 0 Å². The van der Waals surface area contributed by atoms with Gasteiger partial charge in [0.25, 0.3) is 0 Å². The van der Waals surface area contributed by atoms with Crippen LogP contribution in [0.15, 0.2) is 0 Å². The number of aromatic nitrogens is 4. The number of nitrogens with one attached hydrogen (secondary N) is 2. The zero-order valence-corrected chi connectivity index (χ0v) is 11.9. The van der Waals surface area contributed by atoms with Crippen LogP contribution >= 0.6 is 0 Å². The van der Waals surface area contributed by atoms with E-state index in [4.69, 9.17) is 9.84 Å². The van der Waals surface area contributed by atoms with Crippen molar-refractivity contribution in [1.82, 2.24) is 25.9 Å². The summed E-state index contributed by atoms with van der Waals surface area (Å²) in [5.41, 5.74) is 0. The molecule has 1 aromatic rings. The van der Waals surface area contributed by atoms with Crippen molar-refractivity contribution < 1.29 is 14.6 Å². The molecule has 4 atom stereocenters. The van der Waals surface area contributed by atoms with Gasteiger partial charge in [-0.05, 0) is 60.4 Å². The van der Waals surface area contributed by atoms with Crippen LogP contribution in [0.25, 0.3) is 0 Å². The largest absolute Gasteiger partial charge is 0.480 e. The van der Waals surface area contributed by atoms with Crippen molar-refractivity contribution in [3.8, 4) is 0 Å². The van der Waals surface area contributed by atoms with E-state index in [2.05, 4.69) is 25.9 Å². The summed E-state index contributed by atoms with van der Waals surface area (Å²) >= 11 is 0. The lowest BCUT2D eigenvalue weighted by atomic mass is 9.70. The van der Waals surface area contributed by atoms with Crippen molar-refractivity contribution in [3.05, 3.63) is 5.82 Å². The molecular weight excluding hydrogens is 274 g/mol. The first-order valence-corrected chi connectivity index (χ1v) is 7.49. The fourth-order valence-corrected chi connectivity index (χ4v) is 3.56. The van der Waals surface area contributed by atoms with Crippen LogP contribution in [0, 0.1) is 17.8 Å². The minimum absolute atomic E-state index is 0.383. The molecule has 1 aliphatic carbocycles. The van der Waals surface area contributed by atoms with E-state index in [0.717, 1.165) is 32.2 Å². The molecule has 0 aromatic carbocycles. The molecule has 1 aliphatic heterocycles. The standard InChI is InChI=1S/C13H21N5O3/c19-13(20)11-4-10-3-8(1-2-9(10)5-14-11)6-21-7-12-15-17-18-16-12/h8-11,14H,1-7H2,(H,19,20)(H,15,16,17,18). The Morgan fingerprint density at radius 3 is 3.00 bits per heavy atom. The summed E-state index contributed by atoms with van der Waals surface area (Å²) in [4.78, 5) is 11.1. The second-order valence-electron chi connectivity index (χ2n) is 6.10. The van der Waals surface area contributed by atoms with Gasteiger partial charge in [0.05, 0.1) is 6.61 Å². The van der Waals surface area contributed by atoms with Crippen LogP contribution in [0.5, 0.6) is 0 Å². The summed E-state index contributed by atoms with van der Waals surface area (Å²) < 4.78 is 5.67. The average Bonchev–Trinajstić information content (AvgIpc) is 2.99. The van der Waals surface area contributed by atoms with E-state index in [9.17, 15) is 4.79 Å². The molecule has 0 radical (unpaired) electrons. The maximum absolute atomic E-state index is 11.1. The lowest BCUT2D eigenvalue weighted by Crippen LogP contribution is -2.49. The number of nitrogens with zero attached hydrogens (tertiary/aromatic N) is 3. The van der Waals surface area contributed by atoms with Crippen molar-refractivity contribution in [2.24, 2.45) is 17.8 Å². The third kappa shape index (κ3) is 3.56. The van der Waals surface area contributed by atoms with Crippen LogP contribution in [0.2, 0.25) is 0 Å². The van der Waals surface area contributed by atoms with Gasteiger partial charge >= 0.3 is 5.97 Å². The molecule has 4 unspecified atom stereocenters. The van der Waals surface area contributed by atoms with Gasteiger partial charge in [-0.3, -0.25) is 4.79 Å². The van der Waals surface area contributed by atoms with Crippen LogP contribution in [0.1, 0.15) is 31.5 Å². The molecule has 21 heavy (non-hydrogen) atoms. The molecule has 2 heterocycles. The zero-order valence-electron chi connectivity index (χ0n) is 11.9. The third-order valence-corrected chi connectivity index (χ3v) is 4.69. The van der Waals surface area contributed by atoms with Gasteiger partial charge < -0.3 is 15.2 Å². The maximum Gasteiger partial charge on any atom is 0.320 e. The van der Waals surface area contributed by atoms with E-state index >= 15 is 0 Å². The Bertz CT molecular complexity index is 466. The number of piperidine rings is 1. The van der Waals surface area contributed by atoms with Crippen molar-refractivity contribution in [2.45, 2.75) is 38.3 Å². The van der Waals surface area contributed by atoms with Crippen LogP contribution in [-0.4, -0.2) is 50.9 Å². The number of aromatic amines is 1. The second-order valence-corrected chi connectivity index (χ2v) is 6.10. The molecule has 1 saturated carbocycles. The molecule has 0 amide bonds. The molecule has 1 saturated heterocycles. The summed E-state index contributed by atoms with van der Waals surface area (Å²) in [7, 11) is 0. The summed E-state index contributed by atoms with van der Waals surface area (Å²) in [6.07, 6.45) is 4.10. The van der Waals surface area contributed by atoms with E-state index in [1.807, 2.05) is 0 Å². The number of H-pyrrole nitrogens is 1. The van der Waals surface area contributed by atoms with Gasteiger partial charge in [0.15, 0.2) is 5.82 Å². The average molecular weight is 295 g/mol. The number of hydrogen-bond acceptors (Lipinski definition) is 6. The highest BCUT2D eigenvalue weighted by Gasteiger charge is 2.37. The zero-order chi connectivity index (χ0) is 14.7. The summed E-state index contributed by atoms with van der Waals surface area (Å²) in [6, 6.07) is -0.383. The van der Waals surface area contributed by atoms with E-state index in [0.29, 0.717) is 36.8 Å². The van der Waals surface area contributed by atoms with Gasteiger partial charge in [-0.25, -0.2) is 5.10 Å². The first-order valence-electron chi connectivity index (χ1n) is 7.49.